The lowest BCUT2D eigenvalue weighted by molar-refractivity contribution is -0.136. The van der Waals surface area contributed by atoms with Crippen molar-refractivity contribution < 1.29 is 17.9 Å². The number of hydrogen-bond donors (Lipinski definition) is 1. The number of nitrogens with one attached hydrogen (secondary N) is 1. The smallest absolute Gasteiger partial charge is 0.333 e. The van der Waals surface area contributed by atoms with Gasteiger partial charge in [0.25, 0.3) is 0 Å². The molecule has 0 spiro atoms. The van der Waals surface area contributed by atoms with E-state index >= 15 is 0 Å². The predicted octanol–water partition coefficient (Wildman–Crippen LogP) is 1.35. The number of aliphatic imine (C=N–C) groups is 1. The van der Waals surface area contributed by atoms with Gasteiger partial charge in [-0.2, -0.15) is 12.7 Å². The minimum Gasteiger partial charge on any atom is -0.466 e. The van der Waals surface area contributed by atoms with Gasteiger partial charge in [0.05, 0.1) is 25.0 Å². The highest BCUT2D eigenvalue weighted by atomic mass is 32.2. The molecule has 28 heavy (non-hydrogen) atoms. The second-order valence-corrected chi connectivity index (χ2v) is 8.01. The molecule has 0 atom stereocenters. The number of hydrogen-bond acceptors (Lipinski definition) is 6. The molecule has 0 bridgehead atoms. The van der Waals surface area contributed by atoms with Gasteiger partial charge in [-0.15, -0.1) is 0 Å². The number of carbonyl (C=O) groups is 1. The highest BCUT2D eigenvalue weighted by Crippen LogP contribution is 2.22. The van der Waals surface area contributed by atoms with Gasteiger partial charge >= 0.3 is 16.2 Å². The Balaban J connectivity index is 2.36. The zero-order valence-corrected chi connectivity index (χ0v) is 17.0. The molecular formula is C19H26N4O4S. The fourth-order valence-corrected chi connectivity index (χ4v) is 4.27. The highest BCUT2D eigenvalue weighted by Gasteiger charge is 2.31. The number of allylic oxidation sites excluding steroid dienone is 2. The number of rotatable bonds is 8. The van der Waals surface area contributed by atoms with Crippen LogP contribution in [0.4, 0.5) is 5.69 Å². The Labute approximate surface area is 166 Å². The van der Waals surface area contributed by atoms with Crippen LogP contribution in [0.3, 0.4) is 0 Å². The molecule has 9 heteroatoms. The van der Waals surface area contributed by atoms with E-state index in [-0.39, 0.29) is 6.54 Å². The highest BCUT2D eigenvalue weighted by molar-refractivity contribution is 7.90. The predicted molar refractivity (Wildman–Crippen MR) is 111 cm³/mol. The van der Waals surface area contributed by atoms with Gasteiger partial charge in [-0.25, -0.2) is 4.79 Å². The number of para-hydroxylation sites is 1. The summed E-state index contributed by atoms with van der Waals surface area (Å²) in [6.45, 7) is 7.13. The summed E-state index contributed by atoms with van der Waals surface area (Å²) in [6, 6.07) is 8.85. The van der Waals surface area contributed by atoms with Gasteiger partial charge in [-0.05, 0) is 31.9 Å². The van der Waals surface area contributed by atoms with Gasteiger partial charge in [0.2, 0.25) is 0 Å². The zero-order valence-electron chi connectivity index (χ0n) is 16.2. The molecule has 1 aliphatic heterocycles. The van der Waals surface area contributed by atoms with Crippen LogP contribution in [-0.4, -0.2) is 65.2 Å². The van der Waals surface area contributed by atoms with Crippen molar-refractivity contribution in [1.82, 2.24) is 9.62 Å². The molecule has 0 aliphatic carbocycles. The summed E-state index contributed by atoms with van der Waals surface area (Å²) >= 11 is 0. The molecule has 0 radical (unpaired) electrons. The summed E-state index contributed by atoms with van der Waals surface area (Å²) in [6.07, 6.45) is 3.11. The fraction of sp³-hybridized carbons (Fsp3) is 0.368. The van der Waals surface area contributed by atoms with Crippen LogP contribution in [0.1, 0.15) is 6.92 Å². The normalized spacial score (nSPS) is 16.5. The number of carbonyl (C=O) groups excluding carboxylic acids is 1. The lowest BCUT2D eigenvalue weighted by Gasteiger charge is -2.33. The Hall–Kier alpha value is -2.49. The van der Waals surface area contributed by atoms with Crippen molar-refractivity contribution in [2.75, 3.05) is 44.1 Å². The maximum Gasteiger partial charge on any atom is 0.333 e. The molecule has 1 fully saturated rings. The molecule has 1 saturated heterocycles. The Kier molecular flexibility index (Phi) is 7.91. The topological polar surface area (TPSA) is 91.3 Å². The first-order valence-electron chi connectivity index (χ1n) is 8.86. The Morgan fingerprint density at radius 2 is 1.93 bits per heavy atom. The Morgan fingerprint density at radius 1 is 1.29 bits per heavy atom. The Morgan fingerprint density at radius 3 is 2.50 bits per heavy atom. The summed E-state index contributed by atoms with van der Waals surface area (Å²) in [5.41, 5.74) is 1.31. The van der Waals surface area contributed by atoms with E-state index in [1.807, 2.05) is 6.07 Å². The maximum absolute atomic E-state index is 13.3. The molecule has 1 aromatic carbocycles. The first-order valence-corrected chi connectivity index (χ1v) is 10.3. The number of esters is 1. The average Bonchev–Trinajstić information content (AvgIpc) is 2.74. The van der Waals surface area contributed by atoms with E-state index in [4.69, 9.17) is 0 Å². The fourth-order valence-electron chi connectivity index (χ4n) is 2.67. The van der Waals surface area contributed by atoms with Gasteiger partial charge in [-0.3, -0.25) is 9.30 Å². The minimum absolute atomic E-state index is 0.00920. The minimum atomic E-state index is -3.76. The van der Waals surface area contributed by atoms with Crippen molar-refractivity contribution in [1.29, 1.82) is 0 Å². The standard InChI is InChI=1S/C19H26N4O4S/c1-16(19(24)27-3)9-10-17(20-2)15-23(18-7-5-4-6-8-18)28(25,26)22-13-11-21-12-14-22/h4-10,21H,2,11-15H2,1,3H3/b16-9+,17-10-. The molecular weight excluding hydrogens is 380 g/mol. The third-order valence-electron chi connectivity index (χ3n) is 4.27. The van der Waals surface area contributed by atoms with Crippen LogP contribution in [0.15, 0.2) is 58.7 Å². The van der Waals surface area contributed by atoms with Gasteiger partial charge < -0.3 is 10.1 Å². The summed E-state index contributed by atoms with van der Waals surface area (Å²) in [7, 11) is -2.46. The van der Waals surface area contributed by atoms with Gasteiger partial charge in [0, 0.05) is 31.8 Å². The molecule has 1 heterocycles. The van der Waals surface area contributed by atoms with E-state index in [2.05, 4.69) is 21.8 Å². The summed E-state index contributed by atoms with van der Waals surface area (Å²) in [4.78, 5) is 15.5. The lowest BCUT2D eigenvalue weighted by Crippen LogP contribution is -2.52. The van der Waals surface area contributed by atoms with Gasteiger partial charge in [-0.1, -0.05) is 24.3 Å². The average molecular weight is 407 g/mol. The van der Waals surface area contributed by atoms with Crippen LogP contribution in [0.5, 0.6) is 0 Å². The Bertz CT molecular complexity index is 844. The molecule has 1 N–H and O–H groups in total. The first-order chi connectivity index (χ1) is 13.4. The van der Waals surface area contributed by atoms with E-state index in [1.165, 1.54) is 21.8 Å². The van der Waals surface area contributed by atoms with E-state index in [0.717, 1.165) is 0 Å². The van der Waals surface area contributed by atoms with Crippen LogP contribution in [0, 0.1) is 0 Å². The molecule has 0 amide bonds. The van der Waals surface area contributed by atoms with Crippen LogP contribution in [0.25, 0.3) is 0 Å². The molecule has 0 saturated carbocycles. The van der Waals surface area contributed by atoms with Crippen molar-refractivity contribution in [3.8, 4) is 0 Å². The molecule has 0 unspecified atom stereocenters. The maximum atomic E-state index is 13.3. The molecule has 1 aromatic rings. The van der Waals surface area contributed by atoms with Crippen LogP contribution in [0.2, 0.25) is 0 Å². The molecule has 8 nitrogen and oxygen atoms in total. The van der Waals surface area contributed by atoms with E-state index in [9.17, 15) is 13.2 Å². The number of methoxy groups -OCH3 is 1. The van der Waals surface area contributed by atoms with E-state index < -0.39 is 16.2 Å². The van der Waals surface area contributed by atoms with Gasteiger partial charge in [0.15, 0.2) is 0 Å². The SMILES string of the molecule is C=N/C(=C\C=C(/C)C(=O)OC)CN(c1ccccc1)S(=O)(=O)N1CCNCC1. The second-order valence-electron chi connectivity index (χ2n) is 6.16. The third kappa shape index (κ3) is 5.51. The second kappa shape index (κ2) is 10.2. The monoisotopic (exact) mass is 406 g/mol. The number of piperazine rings is 1. The van der Waals surface area contributed by atoms with Crippen LogP contribution < -0.4 is 9.62 Å². The third-order valence-corrected chi connectivity index (χ3v) is 6.18. The quantitative estimate of drug-likeness (QED) is 0.305. The molecule has 0 aromatic heterocycles. The van der Waals surface area contributed by atoms with E-state index in [0.29, 0.717) is 43.1 Å². The number of anilines is 1. The van der Waals surface area contributed by atoms with E-state index in [1.54, 1.807) is 37.3 Å². The van der Waals surface area contributed by atoms with Crippen molar-refractivity contribution in [2.45, 2.75) is 6.92 Å². The van der Waals surface area contributed by atoms with Crippen molar-refractivity contribution in [3.05, 3.63) is 53.8 Å². The number of benzene rings is 1. The number of nitrogens with zero attached hydrogens (tertiary/aromatic N) is 3. The van der Waals surface area contributed by atoms with Gasteiger partial charge in [0.1, 0.15) is 0 Å². The molecule has 1 aliphatic rings. The molecule has 152 valence electrons. The van der Waals surface area contributed by atoms with Crippen LogP contribution in [-0.2, 0) is 19.7 Å². The summed E-state index contributed by atoms with van der Waals surface area (Å²) in [5.74, 6) is -0.465. The summed E-state index contributed by atoms with van der Waals surface area (Å²) < 4.78 is 34.0. The lowest BCUT2D eigenvalue weighted by atomic mass is 10.2. The van der Waals surface area contributed by atoms with Crippen LogP contribution >= 0.6 is 0 Å². The first kappa shape index (κ1) is 21.8. The summed E-state index contributed by atoms with van der Waals surface area (Å²) in [5, 5.41) is 3.15. The van der Waals surface area contributed by atoms with Crippen molar-refractivity contribution in [3.63, 3.8) is 0 Å². The molecule has 2 rings (SSSR count). The number of ether oxygens (including phenoxy) is 1. The van der Waals surface area contributed by atoms with Crippen molar-refractivity contribution >= 4 is 28.6 Å². The zero-order chi connectivity index (χ0) is 20.6. The largest absolute Gasteiger partial charge is 0.466 e. The van der Waals surface area contributed by atoms with Crippen molar-refractivity contribution in [2.24, 2.45) is 4.99 Å².